The first kappa shape index (κ1) is 18.4. The monoisotopic (exact) mass is 359 g/mol. The van der Waals surface area contributed by atoms with Crippen molar-refractivity contribution in [1.82, 2.24) is 5.32 Å². The topological polar surface area (TPSA) is 55.4 Å². The fourth-order valence-electron chi connectivity index (χ4n) is 2.76. The lowest BCUT2D eigenvalue weighted by Gasteiger charge is -2.29. The predicted molar refractivity (Wildman–Crippen MR) is 104 cm³/mol. The molecule has 4 nitrogen and oxygen atoms in total. The lowest BCUT2D eigenvalue weighted by Crippen LogP contribution is -2.45. The van der Waals surface area contributed by atoms with Gasteiger partial charge < -0.3 is 10.1 Å². The second-order valence-electron chi connectivity index (χ2n) is 6.32. The normalized spacial score (nSPS) is 12.6. The Bertz CT molecular complexity index is 895. The molecule has 1 amide bonds. The van der Waals surface area contributed by atoms with Crippen LogP contribution in [0, 0.1) is 0 Å². The summed E-state index contributed by atoms with van der Waals surface area (Å²) in [6.07, 6.45) is 0. The molecule has 4 heteroatoms. The van der Waals surface area contributed by atoms with Gasteiger partial charge in [0, 0.05) is 12.1 Å². The van der Waals surface area contributed by atoms with Crippen molar-refractivity contribution in [2.24, 2.45) is 0 Å². The molecule has 0 aliphatic carbocycles. The number of esters is 1. The van der Waals surface area contributed by atoms with Crippen LogP contribution in [0.4, 0.5) is 0 Å². The zero-order chi connectivity index (χ0) is 19.1. The fourth-order valence-corrected chi connectivity index (χ4v) is 2.76. The van der Waals surface area contributed by atoms with Gasteiger partial charge in [-0.05, 0) is 24.6 Å². The Balaban J connectivity index is 1.84. The lowest BCUT2D eigenvalue weighted by molar-refractivity contribution is -0.140. The van der Waals surface area contributed by atoms with Gasteiger partial charge in [-0.3, -0.25) is 4.79 Å². The van der Waals surface area contributed by atoms with Gasteiger partial charge in [0.1, 0.15) is 0 Å². The standard InChI is InChI=1S/C23H21NO3/c1-23(20-15-9-4-10-16-20,27-21(25)19-13-7-3-8-14-19)22(26)24-17-18-11-5-2-6-12-18/h2-16H,17H2,1H3,(H,24,26). The molecule has 3 aromatic carbocycles. The van der Waals surface area contributed by atoms with Gasteiger partial charge in [-0.15, -0.1) is 0 Å². The number of hydrogen-bond donors (Lipinski definition) is 1. The zero-order valence-corrected chi connectivity index (χ0v) is 15.1. The van der Waals surface area contributed by atoms with Gasteiger partial charge in [-0.2, -0.15) is 0 Å². The van der Waals surface area contributed by atoms with E-state index in [1.807, 2.05) is 54.6 Å². The minimum absolute atomic E-state index is 0.352. The molecule has 0 saturated heterocycles. The average Bonchev–Trinajstić information content (AvgIpc) is 2.74. The highest BCUT2D eigenvalue weighted by Crippen LogP contribution is 2.27. The Morgan fingerprint density at radius 1 is 0.815 bits per heavy atom. The molecule has 0 aliphatic heterocycles. The molecule has 0 saturated carbocycles. The number of rotatable bonds is 6. The van der Waals surface area contributed by atoms with Crippen molar-refractivity contribution < 1.29 is 14.3 Å². The minimum atomic E-state index is -1.44. The summed E-state index contributed by atoms with van der Waals surface area (Å²) >= 11 is 0. The van der Waals surface area contributed by atoms with Gasteiger partial charge in [-0.25, -0.2) is 4.79 Å². The fraction of sp³-hybridized carbons (Fsp3) is 0.130. The van der Waals surface area contributed by atoms with Crippen LogP contribution in [-0.4, -0.2) is 11.9 Å². The Morgan fingerprint density at radius 3 is 1.93 bits per heavy atom. The number of benzene rings is 3. The number of carbonyl (C=O) groups is 2. The van der Waals surface area contributed by atoms with Crippen molar-refractivity contribution in [2.75, 3.05) is 0 Å². The first-order chi connectivity index (χ1) is 13.1. The molecule has 0 radical (unpaired) electrons. The molecule has 0 spiro atoms. The van der Waals surface area contributed by atoms with Gasteiger partial charge in [0.15, 0.2) is 0 Å². The Hall–Kier alpha value is -3.40. The number of carbonyl (C=O) groups excluding carboxylic acids is 2. The third kappa shape index (κ3) is 4.42. The van der Waals surface area contributed by atoms with E-state index in [1.54, 1.807) is 43.3 Å². The highest BCUT2D eigenvalue weighted by molar-refractivity contribution is 5.94. The maximum Gasteiger partial charge on any atom is 0.339 e. The van der Waals surface area contributed by atoms with E-state index < -0.39 is 11.6 Å². The van der Waals surface area contributed by atoms with Crippen molar-refractivity contribution in [1.29, 1.82) is 0 Å². The van der Waals surface area contributed by atoms with E-state index in [0.29, 0.717) is 17.7 Å². The molecule has 0 fully saturated rings. The van der Waals surface area contributed by atoms with Crippen molar-refractivity contribution in [3.05, 3.63) is 108 Å². The molecule has 1 unspecified atom stereocenters. The number of ether oxygens (including phenoxy) is 1. The van der Waals surface area contributed by atoms with Crippen LogP contribution >= 0.6 is 0 Å². The average molecular weight is 359 g/mol. The summed E-state index contributed by atoms with van der Waals surface area (Å²) in [5.41, 5.74) is 0.536. The molecule has 3 rings (SSSR count). The van der Waals surface area contributed by atoms with Crippen molar-refractivity contribution in [2.45, 2.75) is 19.1 Å². The van der Waals surface area contributed by atoms with Crippen LogP contribution in [-0.2, 0) is 21.7 Å². The van der Waals surface area contributed by atoms with Crippen LogP contribution in [0.15, 0.2) is 91.0 Å². The molecule has 0 bridgehead atoms. The highest BCUT2D eigenvalue weighted by atomic mass is 16.6. The largest absolute Gasteiger partial charge is 0.441 e. The van der Waals surface area contributed by atoms with Gasteiger partial charge in [0.05, 0.1) is 5.56 Å². The molecule has 0 aliphatic rings. The summed E-state index contributed by atoms with van der Waals surface area (Å²) in [5.74, 6) is -0.918. The lowest BCUT2D eigenvalue weighted by atomic mass is 9.94. The van der Waals surface area contributed by atoms with E-state index in [0.717, 1.165) is 5.56 Å². The molecular formula is C23H21NO3. The van der Waals surface area contributed by atoms with Crippen LogP contribution in [0.1, 0.15) is 28.4 Å². The number of hydrogen-bond acceptors (Lipinski definition) is 3. The van der Waals surface area contributed by atoms with Crippen molar-refractivity contribution in [3.8, 4) is 0 Å². The quantitative estimate of drug-likeness (QED) is 0.675. The van der Waals surface area contributed by atoms with Crippen LogP contribution in [0.2, 0.25) is 0 Å². The summed E-state index contributed by atoms with van der Waals surface area (Å²) in [7, 11) is 0. The number of nitrogens with one attached hydrogen (secondary N) is 1. The van der Waals surface area contributed by atoms with Gasteiger partial charge in [0.25, 0.3) is 5.91 Å². The van der Waals surface area contributed by atoms with E-state index in [1.165, 1.54) is 0 Å². The second kappa shape index (κ2) is 8.32. The first-order valence-corrected chi connectivity index (χ1v) is 8.76. The Labute approximate surface area is 158 Å². The van der Waals surface area contributed by atoms with Gasteiger partial charge in [-0.1, -0.05) is 78.9 Å². The molecule has 1 atom stereocenters. The predicted octanol–water partition coefficient (Wildman–Crippen LogP) is 4.08. The summed E-state index contributed by atoms with van der Waals surface area (Å²) in [6, 6.07) is 27.3. The SMILES string of the molecule is CC(OC(=O)c1ccccc1)(C(=O)NCc1ccccc1)c1ccccc1. The van der Waals surface area contributed by atoms with E-state index >= 15 is 0 Å². The summed E-state index contributed by atoms with van der Waals surface area (Å²) in [5, 5.41) is 2.88. The molecule has 27 heavy (non-hydrogen) atoms. The molecule has 1 N–H and O–H groups in total. The maximum absolute atomic E-state index is 13.0. The van der Waals surface area contributed by atoms with E-state index in [4.69, 9.17) is 4.74 Å². The summed E-state index contributed by atoms with van der Waals surface area (Å²) < 4.78 is 5.71. The van der Waals surface area contributed by atoms with Gasteiger partial charge >= 0.3 is 5.97 Å². The highest BCUT2D eigenvalue weighted by Gasteiger charge is 2.39. The minimum Gasteiger partial charge on any atom is -0.441 e. The van der Waals surface area contributed by atoms with Crippen LogP contribution in [0.3, 0.4) is 0 Å². The van der Waals surface area contributed by atoms with E-state index in [2.05, 4.69) is 5.32 Å². The van der Waals surface area contributed by atoms with E-state index in [-0.39, 0.29) is 5.91 Å². The molecule has 3 aromatic rings. The molecule has 0 heterocycles. The van der Waals surface area contributed by atoms with Crippen molar-refractivity contribution >= 4 is 11.9 Å². The third-order valence-corrected chi connectivity index (χ3v) is 4.36. The van der Waals surface area contributed by atoms with Crippen LogP contribution < -0.4 is 5.32 Å². The maximum atomic E-state index is 13.0. The summed E-state index contributed by atoms with van der Waals surface area (Å²) in [4.78, 5) is 25.6. The molecular weight excluding hydrogens is 338 g/mol. The second-order valence-corrected chi connectivity index (χ2v) is 6.32. The Kier molecular flexibility index (Phi) is 5.67. The zero-order valence-electron chi connectivity index (χ0n) is 15.1. The van der Waals surface area contributed by atoms with Crippen LogP contribution in [0.25, 0.3) is 0 Å². The number of amides is 1. The first-order valence-electron chi connectivity index (χ1n) is 8.76. The van der Waals surface area contributed by atoms with Gasteiger partial charge in [0.2, 0.25) is 5.60 Å². The third-order valence-electron chi connectivity index (χ3n) is 4.36. The Morgan fingerprint density at radius 2 is 1.33 bits per heavy atom. The smallest absolute Gasteiger partial charge is 0.339 e. The van der Waals surface area contributed by atoms with Crippen LogP contribution in [0.5, 0.6) is 0 Å². The van der Waals surface area contributed by atoms with E-state index in [9.17, 15) is 9.59 Å². The summed E-state index contributed by atoms with van der Waals surface area (Å²) in [6.45, 7) is 1.97. The molecule has 136 valence electrons. The molecule has 0 aromatic heterocycles. The van der Waals surface area contributed by atoms with Crippen molar-refractivity contribution in [3.63, 3.8) is 0 Å².